The molecule has 24 heavy (non-hydrogen) atoms. The standard InChI is InChI=1S/C18H26N2O4/c1-18(2,3)24-17(22)20-15(13-8-5-4-6-9-13)16(21)19-12-14-10-7-11-23-14/h4-6,8-9,14-15H,7,10-12H2,1-3H3,(H,19,21)(H,20,22). The summed E-state index contributed by atoms with van der Waals surface area (Å²) in [5.41, 5.74) is 0.0765. The van der Waals surface area contributed by atoms with Crippen molar-refractivity contribution >= 4 is 12.0 Å². The molecule has 1 aromatic carbocycles. The Hall–Kier alpha value is -2.08. The summed E-state index contributed by atoms with van der Waals surface area (Å²) >= 11 is 0. The topological polar surface area (TPSA) is 76.7 Å². The van der Waals surface area contributed by atoms with Gasteiger partial charge in [0.2, 0.25) is 5.91 Å². The van der Waals surface area contributed by atoms with Gasteiger partial charge in [-0.2, -0.15) is 0 Å². The number of hydrogen-bond acceptors (Lipinski definition) is 4. The fourth-order valence-corrected chi connectivity index (χ4v) is 2.49. The van der Waals surface area contributed by atoms with Crippen molar-refractivity contribution in [1.29, 1.82) is 0 Å². The van der Waals surface area contributed by atoms with Gasteiger partial charge in [0.05, 0.1) is 6.10 Å². The highest BCUT2D eigenvalue weighted by atomic mass is 16.6. The van der Waals surface area contributed by atoms with Crippen LogP contribution in [0.15, 0.2) is 30.3 Å². The lowest BCUT2D eigenvalue weighted by molar-refractivity contribution is -0.123. The number of ether oxygens (including phenoxy) is 2. The zero-order valence-electron chi connectivity index (χ0n) is 14.5. The highest BCUT2D eigenvalue weighted by Crippen LogP contribution is 2.16. The van der Waals surface area contributed by atoms with Crippen LogP contribution < -0.4 is 10.6 Å². The molecule has 2 atom stereocenters. The van der Waals surface area contributed by atoms with E-state index in [9.17, 15) is 9.59 Å². The van der Waals surface area contributed by atoms with E-state index in [2.05, 4.69) is 10.6 Å². The maximum Gasteiger partial charge on any atom is 0.408 e. The first-order valence-electron chi connectivity index (χ1n) is 8.29. The molecule has 6 nitrogen and oxygen atoms in total. The van der Waals surface area contributed by atoms with Crippen LogP contribution in [0, 0.1) is 0 Å². The van der Waals surface area contributed by atoms with Gasteiger partial charge in [-0.05, 0) is 39.2 Å². The predicted octanol–water partition coefficient (Wildman–Crippen LogP) is 2.55. The third-order valence-electron chi connectivity index (χ3n) is 3.58. The molecular weight excluding hydrogens is 308 g/mol. The summed E-state index contributed by atoms with van der Waals surface area (Å²) in [4.78, 5) is 24.6. The van der Waals surface area contributed by atoms with Gasteiger partial charge in [-0.1, -0.05) is 30.3 Å². The van der Waals surface area contributed by atoms with Crippen LogP contribution in [0.25, 0.3) is 0 Å². The number of benzene rings is 1. The van der Waals surface area contributed by atoms with E-state index >= 15 is 0 Å². The minimum absolute atomic E-state index is 0.0481. The van der Waals surface area contributed by atoms with Gasteiger partial charge < -0.3 is 20.1 Å². The second kappa shape index (κ2) is 8.15. The maximum atomic E-state index is 12.6. The van der Waals surface area contributed by atoms with Crippen molar-refractivity contribution in [2.75, 3.05) is 13.2 Å². The minimum atomic E-state index is -0.803. The van der Waals surface area contributed by atoms with E-state index in [0.29, 0.717) is 12.1 Å². The third kappa shape index (κ3) is 5.85. The van der Waals surface area contributed by atoms with E-state index < -0.39 is 17.7 Å². The molecule has 0 spiro atoms. The van der Waals surface area contributed by atoms with Crippen molar-refractivity contribution in [2.24, 2.45) is 0 Å². The second-order valence-electron chi connectivity index (χ2n) is 6.87. The lowest BCUT2D eigenvalue weighted by Gasteiger charge is -2.24. The molecule has 0 aromatic heterocycles. The Morgan fingerprint density at radius 2 is 2.00 bits per heavy atom. The SMILES string of the molecule is CC(C)(C)OC(=O)NC(C(=O)NCC1CCCO1)c1ccccc1. The monoisotopic (exact) mass is 334 g/mol. The Balaban J connectivity index is 2.02. The van der Waals surface area contributed by atoms with Crippen LogP contribution in [0.2, 0.25) is 0 Å². The molecule has 0 aliphatic carbocycles. The average molecular weight is 334 g/mol. The van der Waals surface area contributed by atoms with E-state index in [1.807, 2.05) is 18.2 Å². The number of hydrogen-bond donors (Lipinski definition) is 2. The molecule has 2 rings (SSSR count). The second-order valence-corrected chi connectivity index (χ2v) is 6.87. The average Bonchev–Trinajstić information content (AvgIpc) is 3.03. The van der Waals surface area contributed by atoms with E-state index in [1.54, 1.807) is 32.9 Å². The van der Waals surface area contributed by atoms with Gasteiger partial charge in [0, 0.05) is 13.2 Å². The summed E-state index contributed by atoms with van der Waals surface area (Å²) in [6, 6.07) is 8.31. The van der Waals surface area contributed by atoms with Crippen molar-refractivity contribution in [3.05, 3.63) is 35.9 Å². The lowest BCUT2D eigenvalue weighted by atomic mass is 10.1. The number of amides is 2. The molecule has 1 aliphatic rings. The van der Waals surface area contributed by atoms with Crippen molar-refractivity contribution < 1.29 is 19.1 Å². The van der Waals surface area contributed by atoms with Gasteiger partial charge in [-0.15, -0.1) is 0 Å². The van der Waals surface area contributed by atoms with Gasteiger partial charge in [-0.25, -0.2) is 4.79 Å². The third-order valence-corrected chi connectivity index (χ3v) is 3.58. The van der Waals surface area contributed by atoms with E-state index in [0.717, 1.165) is 19.4 Å². The number of nitrogens with one attached hydrogen (secondary N) is 2. The maximum absolute atomic E-state index is 12.6. The van der Waals surface area contributed by atoms with E-state index in [-0.39, 0.29) is 12.0 Å². The van der Waals surface area contributed by atoms with Crippen LogP contribution in [0.5, 0.6) is 0 Å². The van der Waals surface area contributed by atoms with Crippen LogP contribution in [-0.2, 0) is 14.3 Å². The first kappa shape index (κ1) is 18.3. The summed E-state index contributed by atoms with van der Waals surface area (Å²) in [6.07, 6.45) is 1.38. The zero-order chi connectivity index (χ0) is 17.6. The Morgan fingerprint density at radius 3 is 2.58 bits per heavy atom. The van der Waals surface area contributed by atoms with Gasteiger partial charge in [0.25, 0.3) is 0 Å². The van der Waals surface area contributed by atoms with Crippen LogP contribution in [-0.4, -0.2) is 36.9 Å². The first-order chi connectivity index (χ1) is 11.3. The van der Waals surface area contributed by atoms with Crippen molar-refractivity contribution in [3.63, 3.8) is 0 Å². The summed E-state index contributed by atoms with van der Waals surface area (Å²) in [7, 11) is 0. The smallest absolute Gasteiger partial charge is 0.408 e. The molecule has 132 valence electrons. The molecular formula is C18H26N2O4. The molecule has 0 bridgehead atoms. The zero-order valence-corrected chi connectivity index (χ0v) is 14.5. The Labute approximate surface area is 142 Å². The van der Waals surface area contributed by atoms with E-state index in [1.165, 1.54) is 0 Å². The number of rotatable bonds is 5. The highest BCUT2D eigenvalue weighted by molar-refractivity contribution is 5.86. The Kier molecular flexibility index (Phi) is 6.20. The van der Waals surface area contributed by atoms with Gasteiger partial charge in [0.15, 0.2) is 0 Å². The van der Waals surface area contributed by atoms with Crippen molar-refractivity contribution in [2.45, 2.75) is 51.4 Å². The Morgan fingerprint density at radius 1 is 1.29 bits per heavy atom. The fourth-order valence-electron chi connectivity index (χ4n) is 2.49. The molecule has 0 radical (unpaired) electrons. The lowest BCUT2D eigenvalue weighted by Crippen LogP contribution is -2.44. The fraction of sp³-hybridized carbons (Fsp3) is 0.556. The number of carbonyl (C=O) groups is 2. The number of alkyl carbamates (subject to hydrolysis) is 1. The molecule has 1 aromatic rings. The molecule has 2 unspecified atom stereocenters. The molecule has 2 N–H and O–H groups in total. The summed E-state index contributed by atoms with van der Waals surface area (Å²) < 4.78 is 10.8. The molecule has 1 saturated heterocycles. The van der Waals surface area contributed by atoms with Crippen LogP contribution >= 0.6 is 0 Å². The quantitative estimate of drug-likeness (QED) is 0.867. The highest BCUT2D eigenvalue weighted by Gasteiger charge is 2.26. The van der Waals surface area contributed by atoms with Crippen LogP contribution in [0.1, 0.15) is 45.2 Å². The van der Waals surface area contributed by atoms with Gasteiger partial charge in [0.1, 0.15) is 11.6 Å². The largest absolute Gasteiger partial charge is 0.444 e. The predicted molar refractivity (Wildman–Crippen MR) is 90.5 cm³/mol. The summed E-state index contributed by atoms with van der Waals surface area (Å²) in [5.74, 6) is -0.275. The molecule has 1 aliphatic heterocycles. The van der Waals surface area contributed by atoms with Crippen molar-refractivity contribution in [3.8, 4) is 0 Å². The molecule has 1 fully saturated rings. The molecule has 1 heterocycles. The summed E-state index contributed by atoms with van der Waals surface area (Å²) in [5, 5.41) is 5.51. The van der Waals surface area contributed by atoms with Crippen LogP contribution in [0.4, 0.5) is 4.79 Å². The normalized spacial score (nSPS) is 18.7. The minimum Gasteiger partial charge on any atom is -0.444 e. The van der Waals surface area contributed by atoms with Crippen LogP contribution in [0.3, 0.4) is 0 Å². The Bertz CT molecular complexity index is 548. The van der Waals surface area contributed by atoms with Gasteiger partial charge >= 0.3 is 6.09 Å². The number of carbonyl (C=O) groups excluding carboxylic acids is 2. The van der Waals surface area contributed by atoms with E-state index in [4.69, 9.17) is 9.47 Å². The summed E-state index contributed by atoms with van der Waals surface area (Å²) in [6.45, 7) is 6.52. The first-order valence-corrected chi connectivity index (χ1v) is 8.29. The molecule has 2 amide bonds. The molecule has 6 heteroatoms. The van der Waals surface area contributed by atoms with Crippen molar-refractivity contribution in [1.82, 2.24) is 10.6 Å². The molecule has 0 saturated carbocycles. The van der Waals surface area contributed by atoms with Gasteiger partial charge in [-0.3, -0.25) is 4.79 Å².